The largest absolute Gasteiger partial charge is 0.507 e. The maximum absolute atomic E-state index is 9.75. The van der Waals surface area contributed by atoms with Gasteiger partial charge in [0, 0.05) is 11.3 Å². The first kappa shape index (κ1) is 8.48. The Morgan fingerprint density at radius 3 is 2.93 bits per heavy atom. The monoisotopic (exact) mass is 207 g/mol. The van der Waals surface area contributed by atoms with E-state index in [4.69, 9.17) is 0 Å². The molecule has 1 aliphatic heterocycles. The number of rotatable bonds is 0. The van der Waals surface area contributed by atoms with Crippen LogP contribution in [0.2, 0.25) is 0 Å². The molecule has 0 bridgehead atoms. The number of thioether (sulfide) groups is 1. The molecule has 0 radical (unpaired) electrons. The Labute approximate surface area is 87.7 Å². The number of benzene rings is 1. The second-order valence-corrected chi connectivity index (χ2v) is 5.62. The molecule has 0 atom stereocenters. The van der Waals surface area contributed by atoms with Gasteiger partial charge >= 0.3 is 0 Å². The van der Waals surface area contributed by atoms with Gasteiger partial charge in [-0.05, 0) is 25.0 Å². The van der Waals surface area contributed by atoms with Gasteiger partial charge in [0.1, 0.15) is 5.75 Å². The first-order chi connectivity index (χ1) is 6.79. The van der Waals surface area contributed by atoms with E-state index in [9.17, 15) is 5.11 Å². The van der Waals surface area contributed by atoms with Gasteiger partial charge in [0.2, 0.25) is 0 Å². The molecular formula is C11H13NOS. The van der Waals surface area contributed by atoms with Gasteiger partial charge in [-0.3, -0.25) is 0 Å². The number of fused-ring (bicyclic) bond motifs is 1. The lowest BCUT2D eigenvalue weighted by atomic mass is 9.84. The summed E-state index contributed by atoms with van der Waals surface area (Å²) in [5, 5.41) is 13.2. The fraction of sp³-hybridized carbons (Fsp3) is 0.455. The summed E-state index contributed by atoms with van der Waals surface area (Å²) in [6.07, 6.45) is 3.88. The van der Waals surface area contributed by atoms with Crippen LogP contribution in [0.3, 0.4) is 0 Å². The highest BCUT2D eigenvalue weighted by Crippen LogP contribution is 2.54. The number of phenolic OH excluding ortho intramolecular Hbond substituents is 1. The molecule has 1 fully saturated rings. The molecule has 0 saturated heterocycles. The number of hydrogen-bond donors (Lipinski definition) is 2. The molecule has 1 aromatic rings. The third-order valence-electron chi connectivity index (χ3n) is 3.18. The maximum Gasteiger partial charge on any atom is 0.131 e. The van der Waals surface area contributed by atoms with E-state index < -0.39 is 0 Å². The van der Waals surface area contributed by atoms with Gasteiger partial charge in [0.25, 0.3) is 0 Å². The molecule has 3 rings (SSSR count). The second kappa shape index (κ2) is 2.83. The zero-order chi connectivity index (χ0) is 9.60. The lowest BCUT2D eigenvalue weighted by Crippen LogP contribution is -2.42. The quantitative estimate of drug-likeness (QED) is 0.686. The van der Waals surface area contributed by atoms with Crippen molar-refractivity contribution in [3.63, 3.8) is 0 Å². The normalized spacial score (nSPS) is 22.3. The third kappa shape index (κ3) is 1.12. The van der Waals surface area contributed by atoms with Gasteiger partial charge in [-0.2, -0.15) is 0 Å². The van der Waals surface area contributed by atoms with Crippen molar-refractivity contribution in [3.05, 3.63) is 18.2 Å². The number of phenols is 1. The van der Waals surface area contributed by atoms with Crippen LogP contribution in [0.5, 0.6) is 5.75 Å². The first-order valence-electron chi connectivity index (χ1n) is 5.04. The number of nitrogens with one attached hydrogen (secondary N) is 1. The minimum atomic E-state index is 0.381. The van der Waals surface area contributed by atoms with Crippen LogP contribution in [-0.4, -0.2) is 16.4 Å². The number of hydrogen-bond acceptors (Lipinski definition) is 3. The highest BCUT2D eigenvalue weighted by molar-refractivity contribution is 8.01. The standard InChI is InChI=1S/C11H13NOS/c13-9-4-1-3-8-10(9)14-11(7-12-8)5-2-6-11/h1,3-4,12-13H,2,5-7H2. The van der Waals surface area contributed by atoms with Crippen LogP contribution in [0.4, 0.5) is 5.69 Å². The first-order valence-corrected chi connectivity index (χ1v) is 5.86. The van der Waals surface area contributed by atoms with Crippen molar-refractivity contribution in [2.45, 2.75) is 28.9 Å². The molecular weight excluding hydrogens is 194 g/mol. The average molecular weight is 207 g/mol. The van der Waals surface area contributed by atoms with E-state index in [0.717, 1.165) is 17.1 Å². The van der Waals surface area contributed by atoms with Crippen LogP contribution in [-0.2, 0) is 0 Å². The SMILES string of the molecule is Oc1cccc2c1SC1(CCC1)CN2. The molecule has 2 nitrogen and oxygen atoms in total. The van der Waals surface area contributed by atoms with Crippen molar-refractivity contribution >= 4 is 17.4 Å². The molecule has 2 N–H and O–H groups in total. The Morgan fingerprint density at radius 2 is 2.21 bits per heavy atom. The van der Waals surface area contributed by atoms with Gasteiger partial charge in [-0.15, -0.1) is 11.8 Å². The molecule has 1 aliphatic carbocycles. The zero-order valence-corrected chi connectivity index (χ0v) is 8.73. The van der Waals surface area contributed by atoms with Gasteiger partial charge in [-0.1, -0.05) is 12.5 Å². The molecule has 0 aromatic heterocycles. The summed E-state index contributed by atoms with van der Waals surface area (Å²) in [5.41, 5.74) is 1.09. The van der Waals surface area contributed by atoms with Gasteiger partial charge in [0.05, 0.1) is 10.6 Å². The van der Waals surface area contributed by atoms with Gasteiger partial charge in [-0.25, -0.2) is 0 Å². The summed E-state index contributed by atoms with van der Waals surface area (Å²) >= 11 is 1.86. The fourth-order valence-corrected chi connectivity index (χ4v) is 3.62. The fourth-order valence-electron chi connectivity index (χ4n) is 2.13. The predicted octanol–water partition coefficient (Wildman–Crippen LogP) is 2.83. The third-order valence-corrected chi connectivity index (χ3v) is 4.80. The predicted molar refractivity (Wildman–Crippen MR) is 59.0 cm³/mol. The Hall–Kier alpha value is -0.830. The molecule has 0 amide bonds. The lowest BCUT2D eigenvalue weighted by Gasteiger charge is -2.44. The van der Waals surface area contributed by atoms with Crippen LogP contribution >= 0.6 is 11.8 Å². The van der Waals surface area contributed by atoms with Gasteiger partial charge in [0.15, 0.2) is 0 Å². The maximum atomic E-state index is 9.75. The van der Waals surface area contributed by atoms with E-state index in [-0.39, 0.29) is 0 Å². The highest BCUT2D eigenvalue weighted by Gasteiger charge is 2.41. The molecule has 74 valence electrons. The van der Waals surface area contributed by atoms with E-state index >= 15 is 0 Å². The van der Waals surface area contributed by atoms with Crippen molar-refractivity contribution in [1.29, 1.82) is 0 Å². The Kier molecular flexibility index (Phi) is 1.71. The van der Waals surface area contributed by atoms with E-state index in [1.165, 1.54) is 19.3 Å². The van der Waals surface area contributed by atoms with E-state index in [1.54, 1.807) is 6.07 Å². The van der Waals surface area contributed by atoms with Gasteiger partial charge < -0.3 is 10.4 Å². The zero-order valence-electron chi connectivity index (χ0n) is 7.92. The minimum absolute atomic E-state index is 0.381. The molecule has 1 spiro atoms. The highest BCUT2D eigenvalue weighted by atomic mass is 32.2. The molecule has 2 aliphatic rings. The average Bonchev–Trinajstić information content (AvgIpc) is 2.16. The summed E-state index contributed by atoms with van der Waals surface area (Å²) in [4.78, 5) is 1.04. The summed E-state index contributed by atoms with van der Waals surface area (Å²) in [6.45, 7) is 1.05. The second-order valence-electron chi connectivity index (χ2n) is 4.15. The Bertz CT molecular complexity index is 374. The van der Waals surface area contributed by atoms with Crippen molar-refractivity contribution in [2.75, 3.05) is 11.9 Å². The van der Waals surface area contributed by atoms with Crippen LogP contribution < -0.4 is 5.32 Å². The molecule has 0 unspecified atom stereocenters. The Balaban J connectivity index is 2.00. The van der Waals surface area contributed by atoms with Crippen molar-refractivity contribution in [3.8, 4) is 5.75 Å². The minimum Gasteiger partial charge on any atom is -0.507 e. The lowest BCUT2D eigenvalue weighted by molar-refractivity contribution is 0.374. The Morgan fingerprint density at radius 1 is 1.36 bits per heavy atom. The summed E-state index contributed by atoms with van der Waals surface area (Å²) in [6, 6.07) is 5.69. The van der Waals surface area contributed by atoms with Crippen LogP contribution in [0.1, 0.15) is 19.3 Å². The summed E-state index contributed by atoms with van der Waals surface area (Å²) < 4.78 is 0.381. The summed E-state index contributed by atoms with van der Waals surface area (Å²) in [7, 11) is 0. The van der Waals surface area contributed by atoms with Crippen LogP contribution in [0.15, 0.2) is 23.1 Å². The van der Waals surface area contributed by atoms with Crippen LogP contribution in [0.25, 0.3) is 0 Å². The molecule has 14 heavy (non-hydrogen) atoms. The van der Waals surface area contributed by atoms with E-state index in [2.05, 4.69) is 5.32 Å². The number of anilines is 1. The molecule has 1 aromatic carbocycles. The smallest absolute Gasteiger partial charge is 0.131 e. The van der Waals surface area contributed by atoms with E-state index in [1.807, 2.05) is 23.9 Å². The van der Waals surface area contributed by atoms with Crippen LogP contribution in [0, 0.1) is 0 Å². The van der Waals surface area contributed by atoms with E-state index in [0.29, 0.717) is 10.5 Å². The van der Waals surface area contributed by atoms with Crippen molar-refractivity contribution in [1.82, 2.24) is 0 Å². The molecule has 3 heteroatoms. The number of aromatic hydroxyl groups is 1. The summed E-state index contributed by atoms with van der Waals surface area (Å²) in [5.74, 6) is 0.422. The van der Waals surface area contributed by atoms with Crippen molar-refractivity contribution < 1.29 is 5.11 Å². The molecule has 1 heterocycles. The van der Waals surface area contributed by atoms with Crippen molar-refractivity contribution in [2.24, 2.45) is 0 Å². The molecule has 1 saturated carbocycles. The topological polar surface area (TPSA) is 32.3 Å².